The Morgan fingerprint density at radius 2 is 1.80 bits per heavy atom. The SMILES string of the molecule is CCc1ccc(CN2CCc3cc(C)c(N)cc32)cc1. The number of rotatable bonds is 3. The Bertz CT molecular complexity index is 614. The van der Waals surface area contributed by atoms with Crippen LogP contribution < -0.4 is 10.6 Å². The molecule has 0 fully saturated rings. The summed E-state index contributed by atoms with van der Waals surface area (Å²) in [5.74, 6) is 0. The largest absolute Gasteiger partial charge is 0.398 e. The zero-order valence-corrected chi connectivity index (χ0v) is 12.3. The highest BCUT2D eigenvalue weighted by molar-refractivity contribution is 5.67. The highest BCUT2D eigenvalue weighted by atomic mass is 15.1. The first-order valence-electron chi connectivity index (χ1n) is 7.39. The molecule has 0 bridgehead atoms. The van der Waals surface area contributed by atoms with E-state index in [1.54, 1.807) is 0 Å². The van der Waals surface area contributed by atoms with E-state index in [0.717, 1.165) is 31.6 Å². The van der Waals surface area contributed by atoms with Gasteiger partial charge in [0.1, 0.15) is 0 Å². The van der Waals surface area contributed by atoms with Crippen molar-refractivity contribution in [3.05, 3.63) is 58.7 Å². The van der Waals surface area contributed by atoms with Gasteiger partial charge in [0.15, 0.2) is 0 Å². The molecule has 1 aliphatic rings. The van der Waals surface area contributed by atoms with E-state index in [0.29, 0.717) is 0 Å². The van der Waals surface area contributed by atoms with Gasteiger partial charge in [-0.2, -0.15) is 0 Å². The minimum absolute atomic E-state index is 0.900. The second-order valence-electron chi connectivity index (χ2n) is 5.68. The molecule has 2 aromatic rings. The molecule has 0 amide bonds. The number of aryl methyl sites for hydroxylation is 2. The van der Waals surface area contributed by atoms with Crippen LogP contribution in [-0.2, 0) is 19.4 Å². The van der Waals surface area contributed by atoms with E-state index in [1.165, 1.54) is 27.9 Å². The van der Waals surface area contributed by atoms with E-state index in [1.807, 2.05) is 0 Å². The molecule has 2 aromatic carbocycles. The van der Waals surface area contributed by atoms with Crippen LogP contribution in [0.2, 0.25) is 0 Å². The van der Waals surface area contributed by atoms with Gasteiger partial charge in [-0.15, -0.1) is 0 Å². The topological polar surface area (TPSA) is 29.3 Å². The summed E-state index contributed by atoms with van der Waals surface area (Å²) in [7, 11) is 0. The van der Waals surface area contributed by atoms with Crippen molar-refractivity contribution in [1.82, 2.24) is 0 Å². The van der Waals surface area contributed by atoms with E-state index in [2.05, 4.69) is 55.1 Å². The minimum atomic E-state index is 0.900. The molecular weight excluding hydrogens is 244 g/mol. The zero-order chi connectivity index (χ0) is 14.1. The predicted octanol–water partition coefficient (Wildman–Crippen LogP) is 3.70. The van der Waals surface area contributed by atoms with Crippen molar-refractivity contribution >= 4 is 11.4 Å². The summed E-state index contributed by atoms with van der Waals surface area (Å²) >= 11 is 0. The van der Waals surface area contributed by atoms with Crippen LogP contribution in [0.25, 0.3) is 0 Å². The fraction of sp³-hybridized carbons (Fsp3) is 0.333. The Morgan fingerprint density at radius 3 is 2.50 bits per heavy atom. The first-order valence-corrected chi connectivity index (χ1v) is 7.39. The molecule has 0 atom stereocenters. The molecule has 0 aliphatic carbocycles. The van der Waals surface area contributed by atoms with Gasteiger partial charge in [-0.1, -0.05) is 37.3 Å². The van der Waals surface area contributed by atoms with E-state index >= 15 is 0 Å². The molecule has 1 heterocycles. The van der Waals surface area contributed by atoms with Crippen LogP contribution in [0.3, 0.4) is 0 Å². The minimum Gasteiger partial charge on any atom is -0.398 e. The second-order valence-corrected chi connectivity index (χ2v) is 5.68. The standard InChI is InChI=1S/C18H22N2/c1-3-14-4-6-15(7-5-14)12-20-9-8-16-10-13(2)17(19)11-18(16)20/h4-7,10-11H,3,8-9,12,19H2,1-2H3. The molecule has 2 N–H and O–H groups in total. The predicted molar refractivity (Wildman–Crippen MR) is 86.2 cm³/mol. The zero-order valence-electron chi connectivity index (χ0n) is 12.3. The van der Waals surface area contributed by atoms with Gasteiger partial charge < -0.3 is 10.6 Å². The van der Waals surface area contributed by atoms with Crippen LogP contribution in [0.15, 0.2) is 36.4 Å². The van der Waals surface area contributed by atoms with Gasteiger partial charge in [-0.05, 0) is 48.1 Å². The number of hydrogen-bond donors (Lipinski definition) is 1. The number of hydrogen-bond acceptors (Lipinski definition) is 2. The molecule has 0 spiro atoms. The third-order valence-electron chi connectivity index (χ3n) is 4.26. The normalized spacial score (nSPS) is 13.6. The maximum absolute atomic E-state index is 6.06. The van der Waals surface area contributed by atoms with Gasteiger partial charge in [-0.3, -0.25) is 0 Å². The maximum Gasteiger partial charge on any atom is 0.0429 e. The molecule has 0 aromatic heterocycles. The highest BCUT2D eigenvalue weighted by Gasteiger charge is 2.20. The van der Waals surface area contributed by atoms with E-state index in [-0.39, 0.29) is 0 Å². The molecule has 2 nitrogen and oxygen atoms in total. The van der Waals surface area contributed by atoms with Gasteiger partial charge in [0.05, 0.1) is 0 Å². The lowest BCUT2D eigenvalue weighted by molar-refractivity contribution is 0.835. The number of nitrogens with zero attached hydrogens (tertiary/aromatic N) is 1. The quantitative estimate of drug-likeness (QED) is 0.858. The Balaban J connectivity index is 1.82. The van der Waals surface area contributed by atoms with Crippen molar-refractivity contribution in [2.45, 2.75) is 33.2 Å². The Kier molecular flexibility index (Phi) is 3.39. The third-order valence-corrected chi connectivity index (χ3v) is 4.26. The van der Waals surface area contributed by atoms with Crippen LogP contribution in [0.1, 0.15) is 29.2 Å². The van der Waals surface area contributed by atoms with Crippen molar-refractivity contribution in [2.24, 2.45) is 0 Å². The average molecular weight is 266 g/mol. The maximum atomic E-state index is 6.06. The van der Waals surface area contributed by atoms with Crippen LogP contribution in [0, 0.1) is 6.92 Å². The summed E-state index contributed by atoms with van der Waals surface area (Å²) < 4.78 is 0. The first kappa shape index (κ1) is 13.0. The molecule has 0 saturated heterocycles. The summed E-state index contributed by atoms with van der Waals surface area (Å²) in [6, 6.07) is 13.3. The summed E-state index contributed by atoms with van der Waals surface area (Å²) in [4.78, 5) is 2.44. The number of nitrogens with two attached hydrogens (primary N) is 1. The molecule has 0 radical (unpaired) electrons. The molecule has 0 unspecified atom stereocenters. The molecule has 2 heteroatoms. The van der Waals surface area contributed by atoms with Crippen molar-refractivity contribution in [1.29, 1.82) is 0 Å². The molecule has 3 rings (SSSR count). The first-order chi connectivity index (χ1) is 9.67. The van der Waals surface area contributed by atoms with Crippen LogP contribution >= 0.6 is 0 Å². The third kappa shape index (κ3) is 2.38. The van der Waals surface area contributed by atoms with Crippen molar-refractivity contribution in [3.8, 4) is 0 Å². The monoisotopic (exact) mass is 266 g/mol. The smallest absolute Gasteiger partial charge is 0.0429 e. The number of anilines is 2. The second kappa shape index (κ2) is 5.20. The molecule has 20 heavy (non-hydrogen) atoms. The fourth-order valence-electron chi connectivity index (χ4n) is 2.91. The van der Waals surface area contributed by atoms with Gasteiger partial charge in [0.25, 0.3) is 0 Å². The summed E-state index contributed by atoms with van der Waals surface area (Å²) in [5.41, 5.74) is 13.7. The van der Waals surface area contributed by atoms with Gasteiger partial charge >= 0.3 is 0 Å². The number of fused-ring (bicyclic) bond motifs is 1. The molecule has 104 valence electrons. The summed E-state index contributed by atoms with van der Waals surface area (Å²) in [6.07, 6.45) is 2.23. The Labute approximate surface area is 121 Å². The number of benzene rings is 2. The van der Waals surface area contributed by atoms with Gasteiger partial charge in [-0.25, -0.2) is 0 Å². The van der Waals surface area contributed by atoms with Gasteiger partial charge in [0, 0.05) is 24.5 Å². The lowest BCUT2D eigenvalue weighted by Crippen LogP contribution is -2.19. The highest BCUT2D eigenvalue weighted by Crippen LogP contribution is 2.33. The van der Waals surface area contributed by atoms with E-state index in [9.17, 15) is 0 Å². The van der Waals surface area contributed by atoms with Crippen molar-refractivity contribution in [2.75, 3.05) is 17.2 Å². The Hall–Kier alpha value is -1.96. The lowest BCUT2D eigenvalue weighted by atomic mass is 10.1. The molecule has 0 saturated carbocycles. The van der Waals surface area contributed by atoms with Crippen molar-refractivity contribution < 1.29 is 0 Å². The average Bonchev–Trinajstić information content (AvgIpc) is 2.83. The Morgan fingerprint density at radius 1 is 1.10 bits per heavy atom. The van der Waals surface area contributed by atoms with Crippen LogP contribution in [0.4, 0.5) is 11.4 Å². The van der Waals surface area contributed by atoms with Crippen LogP contribution in [-0.4, -0.2) is 6.54 Å². The van der Waals surface area contributed by atoms with E-state index < -0.39 is 0 Å². The summed E-state index contributed by atoms with van der Waals surface area (Å²) in [6.45, 7) is 6.34. The fourth-order valence-corrected chi connectivity index (χ4v) is 2.91. The number of nitrogen functional groups attached to an aromatic ring is 1. The van der Waals surface area contributed by atoms with Gasteiger partial charge in [0.2, 0.25) is 0 Å². The lowest BCUT2D eigenvalue weighted by Gasteiger charge is -2.20. The van der Waals surface area contributed by atoms with E-state index in [4.69, 9.17) is 5.73 Å². The van der Waals surface area contributed by atoms with Crippen LogP contribution in [0.5, 0.6) is 0 Å². The summed E-state index contributed by atoms with van der Waals surface area (Å²) in [5, 5.41) is 0. The molecule has 1 aliphatic heterocycles. The molecular formula is C18H22N2. The van der Waals surface area contributed by atoms with Crippen molar-refractivity contribution in [3.63, 3.8) is 0 Å².